The Balaban J connectivity index is 3.53. The Labute approximate surface area is 173 Å². The SMILES string of the molecule is CCC(C)c1cc(C(C)(C)C(F)(F)F)cc(C(C)(OCOCCOC)C(F)(F)F)c1. The molecule has 0 N–H and O–H groups in total. The third-order valence-electron chi connectivity index (χ3n) is 5.52. The van der Waals surface area contributed by atoms with Crippen molar-refractivity contribution in [3.05, 3.63) is 34.9 Å². The summed E-state index contributed by atoms with van der Waals surface area (Å²) in [6.45, 7) is 5.76. The van der Waals surface area contributed by atoms with Crippen LogP contribution in [-0.4, -0.2) is 39.5 Å². The molecule has 0 saturated heterocycles. The zero-order valence-electron chi connectivity index (χ0n) is 18.1. The van der Waals surface area contributed by atoms with Crippen LogP contribution < -0.4 is 0 Å². The normalized spacial score (nSPS) is 16.4. The molecule has 2 unspecified atom stereocenters. The average Bonchev–Trinajstić information content (AvgIpc) is 2.64. The zero-order valence-corrected chi connectivity index (χ0v) is 18.1. The van der Waals surface area contributed by atoms with Gasteiger partial charge in [0.05, 0.1) is 18.6 Å². The summed E-state index contributed by atoms with van der Waals surface area (Å²) in [7, 11) is 1.41. The van der Waals surface area contributed by atoms with Crippen LogP contribution in [0.5, 0.6) is 0 Å². The molecule has 0 amide bonds. The number of alkyl halides is 6. The minimum Gasteiger partial charge on any atom is -0.382 e. The van der Waals surface area contributed by atoms with Crippen molar-refractivity contribution in [1.29, 1.82) is 0 Å². The van der Waals surface area contributed by atoms with E-state index in [1.54, 1.807) is 6.92 Å². The van der Waals surface area contributed by atoms with E-state index in [9.17, 15) is 26.3 Å². The van der Waals surface area contributed by atoms with Gasteiger partial charge in [-0.1, -0.05) is 32.0 Å². The molecule has 0 bridgehead atoms. The number of halogens is 6. The lowest BCUT2D eigenvalue weighted by atomic mass is 9.78. The molecule has 0 aliphatic heterocycles. The maximum Gasteiger partial charge on any atom is 0.421 e. The first-order chi connectivity index (χ1) is 13.6. The van der Waals surface area contributed by atoms with E-state index in [4.69, 9.17) is 14.2 Å². The second kappa shape index (κ2) is 9.87. The quantitative estimate of drug-likeness (QED) is 0.236. The highest BCUT2D eigenvalue weighted by Crippen LogP contribution is 2.46. The van der Waals surface area contributed by atoms with Crippen molar-refractivity contribution in [2.45, 2.75) is 70.3 Å². The van der Waals surface area contributed by atoms with E-state index in [1.165, 1.54) is 19.2 Å². The van der Waals surface area contributed by atoms with Gasteiger partial charge in [-0.3, -0.25) is 0 Å². The molecule has 0 fully saturated rings. The van der Waals surface area contributed by atoms with Crippen LogP contribution in [-0.2, 0) is 25.2 Å². The molecule has 174 valence electrons. The van der Waals surface area contributed by atoms with Crippen LogP contribution in [0.1, 0.15) is 63.6 Å². The molecule has 0 aliphatic carbocycles. The first-order valence-electron chi connectivity index (χ1n) is 9.61. The van der Waals surface area contributed by atoms with Gasteiger partial charge >= 0.3 is 12.4 Å². The maximum atomic E-state index is 14.0. The lowest BCUT2D eigenvalue weighted by Gasteiger charge is -2.35. The van der Waals surface area contributed by atoms with E-state index in [0.29, 0.717) is 12.0 Å². The molecule has 0 aliphatic rings. The summed E-state index contributed by atoms with van der Waals surface area (Å²) >= 11 is 0. The van der Waals surface area contributed by atoms with E-state index in [0.717, 1.165) is 26.8 Å². The van der Waals surface area contributed by atoms with E-state index in [-0.39, 0.29) is 24.7 Å². The van der Waals surface area contributed by atoms with Crippen LogP contribution in [0.2, 0.25) is 0 Å². The molecule has 2 atom stereocenters. The summed E-state index contributed by atoms with van der Waals surface area (Å²) in [5.74, 6) is -0.233. The van der Waals surface area contributed by atoms with Gasteiger partial charge in [0.1, 0.15) is 6.79 Å². The molecule has 1 aromatic rings. The first kappa shape index (κ1) is 26.7. The first-order valence-corrected chi connectivity index (χ1v) is 9.61. The van der Waals surface area contributed by atoms with Gasteiger partial charge in [0.25, 0.3) is 0 Å². The third kappa shape index (κ3) is 5.88. The fourth-order valence-electron chi connectivity index (χ4n) is 2.66. The molecule has 1 aromatic carbocycles. The molecule has 0 radical (unpaired) electrons. The predicted molar refractivity (Wildman–Crippen MR) is 101 cm³/mol. The second-order valence-corrected chi connectivity index (χ2v) is 7.97. The van der Waals surface area contributed by atoms with Gasteiger partial charge in [0.15, 0.2) is 5.60 Å². The molecule has 3 nitrogen and oxygen atoms in total. The Morgan fingerprint density at radius 2 is 1.43 bits per heavy atom. The van der Waals surface area contributed by atoms with E-state index < -0.39 is 35.7 Å². The predicted octanol–water partition coefficient (Wildman–Crippen LogP) is 6.45. The molecule has 1 rings (SSSR count). The number of rotatable bonds is 10. The van der Waals surface area contributed by atoms with Gasteiger partial charge in [-0.15, -0.1) is 0 Å². The van der Waals surface area contributed by atoms with Crippen LogP contribution in [0.25, 0.3) is 0 Å². The molecule has 0 saturated carbocycles. The van der Waals surface area contributed by atoms with Gasteiger partial charge in [0, 0.05) is 7.11 Å². The Morgan fingerprint density at radius 1 is 0.867 bits per heavy atom. The number of hydrogen-bond donors (Lipinski definition) is 0. The minimum atomic E-state index is -4.88. The Kier molecular flexibility index (Phi) is 8.79. The summed E-state index contributed by atoms with van der Waals surface area (Å²) in [5.41, 5.74) is -5.44. The highest BCUT2D eigenvalue weighted by molar-refractivity contribution is 5.40. The highest BCUT2D eigenvalue weighted by Gasteiger charge is 2.55. The van der Waals surface area contributed by atoms with E-state index >= 15 is 0 Å². The van der Waals surface area contributed by atoms with Crippen molar-refractivity contribution in [2.75, 3.05) is 27.1 Å². The van der Waals surface area contributed by atoms with Gasteiger partial charge in [0.2, 0.25) is 0 Å². The number of hydrogen-bond acceptors (Lipinski definition) is 3. The Hall–Kier alpha value is -1.32. The Morgan fingerprint density at radius 3 is 1.90 bits per heavy atom. The number of ether oxygens (including phenoxy) is 3. The van der Waals surface area contributed by atoms with Crippen molar-refractivity contribution in [1.82, 2.24) is 0 Å². The number of benzene rings is 1. The fraction of sp³-hybridized carbons (Fsp3) is 0.714. The topological polar surface area (TPSA) is 27.7 Å². The molecule has 9 heteroatoms. The van der Waals surface area contributed by atoms with Gasteiger partial charge in [-0.05, 0) is 49.8 Å². The molecular weight excluding hydrogens is 414 g/mol. The number of methoxy groups -OCH3 is 1. The summed E-state index contributed by atoms with van der Waals surface area (Å²) in [4.78, 5) is 0. The van der Waals surface area contributed by atoms with E-state index in [1.807, 2.05) is 6.92 Å². The van der Waals surface area contributed by atoms with Gasteiger partial charge < -0.3 is 14.2 Å². The highest BCUT2D eigenvalue weighted by atomic mass is 19.4. The van der Waals surface area contributed by atoms with E-state index in [2.05, 4.69) is 0 Å². The van der Waals surface area contributed by atoms with Gasteiger partial charge in [-0.2, -0.15) is 26.3 Å². The van der Waals surface area contributed by atoms with Crippen LogP contribution in [0.4, 0.5) is 26.3 Å². The largest absolute Gasteiger partial charge is 0.421 e. The van der Waals surface area contributed by atoms with Crippen molar-refractivity contribution < 1.29 is 40.6 Å². The Bertz CT molecular complexity index is 684. The van der Waals surface area contributed by atoms with Crippen LogP contribution >= 0.6 is 0 Å². The maximum absolute atomic E-state index is 14.0. The van der Waals surface area contributed by atoms with Crippen molar-refractivity contribution in [2.24, 2.45) is 0 Å². The van der Waals surface area contributed by atoms with Crippen LogP contribution in [0.3, 0.4) is 0 Å². The van der Waals surface area contributed by atoms with Crippen molar-refractivity contribution >= 4 is 0 Å². The summed E-state index contributed by atoms with van der Waals surface area (Å²) in [6.07, 6.45) is -8.97. The minimum absolute atomic E-state index is 0.0176. The molecule has 0 spiro atoms. The van der Waals surface area contributed by atoms with Crippen molar-refractivity contribution in [3.63, 3.8) is 0 Å². The zero-order chi connectivity index (χ0) is 23.4. The molecule has 30 heavy (non-hydrogen) atoms. The van der Waals surface area contributed by atoms with Crippen molar-refractivity contribution in [3.8, 4) is 0 Å². The van der Waals surface area contributed by atoms with Crippen LogP contribution in [0.15, 0.2) is 18.2 Å². The summed E-state index contributed by atoms with van der Waals surface area (Å²) in [6, 6.07) is 3.53. The second-order valence-electron chi connectivity index (χ2n) is 7.97. The monoisotopic (exact) mass is 444 g/mol. The molecular formula is C21H30F6O3. The van der Waals surface area contributed by atoms with Crippen LogP contribution in [0, 0.1) is 0 Å². The smallest absolute Gasteiger partial charge is 0.382 e. The van der Waals surface area contributed by atoms with Gasteiger partial charge in [-0.25, -0.2) is 0 Å². The summed E-state index contributed by atoms with van der Waals surface area (Å²) in [5, 5.41) is 0. The third-order valence-corrected chi connectivity index (χ3v) is 5.52. The molecule has 0 aromatic heterocycles. The standard InChI is InChI=1S/C21H30F6O3/c1-7-14(2)15-10-16(18(3,4)20(22,23)24)12-17(11-15)19(5,21(25,26)27)30-13-29-9-8-28-6/h10-12,14H,7-9,13H2,1-6H3. The fourth-order valence-corrected chi connectivity index (χ4v) is 2.66. The molecule has 0 heterocycles. The lowest BCUT2D eigenvalue weighted by Crippen LogP contribution is -2.43. The average molecular weight is 444 g/mol. The summed E-state index contributed by atoms with van der Waals surface area (Å²) < 4.78 is 97.8. The lowest BCUT2D eigenvalue weighted by molar-refractivity contribution is -0.299.